The summed E-state index contributed by atoms with van der Waals surface area (Å²) in [7, 11) is 0. The van der Waals surface area contributed by atoms with Gasteiger partial charge in [-0.3, -0.25) is 0 Å². The second kappa shape index (κ2) is 2.05. The van der Waals surface area contributed by atoms with E-state index in [9.17, 15) is 0 Å². The first-order valence-electron chi connectivity index (χ1n) is 2.91. The van der Waals surface area contributed by atoms with Gasteiger partial charge in [-0.1, -0.05) is 0 Å². The first-order chi connectivity index (χ1) is 4.22. The van der Waals surface area contributed by atoms with Gasteiger partial charge in [0.25, 0.3) is 0 Å². The molecule has 0 radical (unpaired) electrons. The smallest absolute Gasteiger partial charge is 0.0618 e. The number of hydrogen-bond acceptors (Lipinski definition) is 1. The third kappa shape index (κ3) is 1.02. The van der Waals surface area contributed by atoms with Gasteiger partial charge in [0.15, 0.2) is 0 Å². The molecule has 9 heavy (non-hydrogen) atoms. The maximum atomic E-state index is 7.26. The number of hydrogen-bond donors (Lipinski definition) is 2. The van der Waals surface area contributed by atoms with Gasteiger partial charge in [-0.05, 0) is 25.5 Å². The van der Waals surface area contributed by atoms with Crippen molar-refractivity contribution in [1.82, 2.24) is 4.98 Å². The number of aromatic nitrogens is 1. The molecule has 1 aromatic heterocycles. The van der Waals surface area contributed by atoms with Crippen LogP contribution in [0.1, 0.15) is 18.2 Å². The highest BCUT2D eigenvalue weighted by Gasteiger charge is 1.97. The molecule has 0 aliphatic rings. The zero-order valence-electron chi connectivity index (χ0n) is 5.65. The largest absolute Gasteiger partial charge is 0.360 e. The molecule has 48 valence electrons. The Balaban J connectivity index is 3.08. The van der Waals surface area contributed by atoms with Crippen LogP contribution in [0.15, 0.2) is 12.3 Å². The molecule has 0 unspecified atom stereocenters. The van der Waals surface area contributed by atoms with E-state index in [1.807, 2.05) is 19.2 Å². The summed E-state index contributed by atoms with van der Waals surface area (Å²) >= 11 is 0. The number of rotatable bonds is 1. The van der Waals surface area contributed by atoms with Crippen molar-refractivity contribution in [2.45, 2.75) is 13.8 Å². The molecule has 1 aromatic rings. The molecule has 0 aromatic carbocycles. The molecule has 2 nitrogen and oxygen atoms in total. The van der Waals surface area contributed by atoms with Crippen LogP contribution >= 0.6 is 0 Å². The zero-order valence-corrected chi connectivity index (χ0v) is 5.65. The molecule has 1 heterocycles. The first-order valence-corrected chi connectivity index (χ1v) is 2.91. The van der Waals surface area contributed by atoms with Crippen LogP contribution in [-0.4, -0.2) is 10.7 Å². The molecule has 0 aliphatic carbocycles. The molecule has 0 amide bonds. The Hall–Kier alpha value is -1.05. The summed E-state index contributed by atoms with van der Waals surface area (Å²) in [5.74, 6) is 0. The molecule has 0 spiro atoms. The molecule has 1 rings (SSSR count). The fraction of sp³-hybridized carbons (Fsp3) is 0.286. The molecular weight excluding hydrogens is 112 g/mol. The summed E-state index contributed by atoms with van der Waals surface area (Å²) in [6.45, 7) is 3.77. The van der Waals surface area contributed by atoms with Crippen molar-refractivity contribution in [3.05, 3.63) is 23.5 Å². The van der Waals surface area contributed by atoms with E-state index in [4.69, 9.17) is 5.41 Å². The van der Waals surface area contributed by atoms with Crippen molar-refractivity contribution in [2.24, 2.45) is 0 Å². The first kappa shape index (κ1) is 6.08. The van der Waals surface area contributed by atoms with Crippen molar-refractivity contribution < 1.29 is 0 Å². The third-order valence-corrected chi connectivity index (χ3v) is 1.33. The number of aryl methyl sites for hydroxylation is 1. The quantitative estimate of drug-likeness (QED) is 0.532. The van der Waals surface area contributed by atoms with Crippen molar-refractivity contribution in [1.29, 1.82) is 5.41 Å². The molecule has 2 N–H and O–H groups in total. The minimum Gasteiger partial charge on any atom is -0.360 e. The van der Waals surface area contributed by atoms with E-state index in [1.54, 1.807) is 6.92 Å². The van der Waals surface area contributed by atoms with Gasteiger partial charge in [0.1, 0.15) is 0 Å². The Bertz CT molecular complexity index is 223. The van der Waals surface area contributed by atoms with Crippen molar-refractivity contribution >= 4 is 5.71 Å². The van der Waals surface area contributed by atoms with Gasteiger partial charge >= 0.3 is 0 Å². The molecule has 0 saturated carbocycles. The van der Waals surface area contributed by atoms with Crippen LogP contribution in [0, 0.1) is 12.3 Å². The van der Waals surface area contributed by atoms with Gasteiger partial charge < -0.3 is 10.4 Å². The Morgan fingerprint density at radius 2 is 2.33 bits per heavy atom. The van der Waals surface area contributed by atoms with Gasteiger partial charge in [-0.25, -0.2) is 0 Å². The van der Waals surface area contributed by atoms with Crippen molar-refractivity contribution in [3.8, 4) is 0 Å². The molecule has 0 saturated heterocycles. The average Bonchev–Trinajstić information content (AvgIpc) is 2.13. The maximum absolute atomic E-state index is 7.26. The lowest BCUT2D eigenvalue weighted by atomic mass is 10.2. The fourth-order valence-electron chi connectivity index (χ4n) is 0.851. The monoisotopic (exact) mass is 122 g/mol. The highest BCUT2D eigenvalue weighted by atomic mass is 14.7. The van der Waals surface area contributed by atoms with Gasteiger partial charge in [0.2, 0.25) is 0 Å². The number of aromatic amines is 1. The van der Waals surface area contributed by atoms with Crippen LogP contribution in [0.5, 0.6) is 0 Å². The second-order valence-electron chi connectivity index (χ2n) is 2.16. The maximum Gasteiger partial charge on any atom is 0.0618 e. The number of nitrogens with one attached hydrogen (secondary N) is 2. The Morgan fingerprint density at radius 1 is 1.67 bits per heavy atom. The molecule has 0 fully saturated rings. The van der Waals surface area contributed by atoms with Crippen LogP contribution in [-0.2, 0) is 0 Å². The van der Waals surface area contributed by atoms with Crippen LogP contribution in [0.4, 0.5) is 0 Å². The lowest BCUT2D eigenvalue weighted by Gasteiger charge is -1.92. The van der Waals surface area contributed by atoms with Gasteiger partial charge in [-0.2, -0.15) is 0 Å². The predicted octanol–water partition coefficient (Wildman–Crippen LogP) is 1.71. The van der Waals surface area contributed by atoms with E-state index in [0.717, 1.165) is 11.3 Å². The van der Waals surface area contributed by atoms with Crippen LogP contribution in [0.2, 0.25) is 0 Å². The van der Waals surface area contributed by atoms with Crippen LogP contribution in [0.25, 0.3) is 0 Å². The molecular formula is C7H10N2. The van der Waals surface area contributed by atoms with Crippen LogP contribution in [0.3, 0.4) is 0 Å². The minimum atomic E-state index is 0.595. The van der Waals surface area contributed by atoms with Gasteiger partial charge in [0, 0.05) is 6.20 Å². The summed E-state index contributed by atoms with van der Waals surface area (Å²) in [5.41, 5.74) is 2.68. The van der Waals surface area contributed by atoms with E-state index in [2.05, 4.69) is 4.98 Å². The van der Waals surface area contributed by atoms with E-state index >= 15 is 0 Å². The standard InChI is InChI=1S/C7H10N2/c1-5-3-4-9-7(5)6(2)8/h3-4,8-9H,1-2H3. The van der Waals surface area contributed by atoms with E-state index in [-0.39, 0.29) is 0 Å². The molecule has 0 bridgehead atoms. The molecule has 2 heteroatoms. The highest BCUT2D eigenvalue weighted by Crippen LogP contribution is 2.03. The summed E-state index contributed by atoms with van der Waals surface area (Å²) in [6, 6.07) is 1.97. The summed E-state index contributed by atoms with van der Waals surface area (Å²) in [4.78, 5) is 2.98. The van der Waals surface area contributed by atoms with Crippen molar-refractivity contribution in [3.63, 3.8) is 0 Å². The Kier molecular flexibility index (Phi) is 1.39. The normalized spacial score (nSPS) is 9.56. The zero-order chi connectivity index (χ0) is 6.85. The van der Waals surface area contributed by atoms with Crippen LogP contribution < -0.4 is 0 Å². The van der Waals surface area contributed by atoms with Gasteiger partial charge in [-0.15, -0.1) is 0 Å². The minimum absolute atomic E-state index is 0.595. The molecule has 0 aliphatic heterocycles. The topological polar surface area (TPSA) is 39.6 Å². The van der Waals surface area contributed by atoms with Gasteiger partial charge in [0.05, 0.1) is 11.4 Å². The summed E-state index contributed by atoms with van der Waals surface area (Å²) in [5, 5.41) is 7.26. The molecule has 0 atom stereocenters. The van der Waals surface area contributed by atoms with Crippen molar-refractivity contribution in [2.75, 3.05) is 0 Å². The Morgan fingerprint density at radius 3 is 2.56 bits per heavy atom. The third-order valence-electron chi connectivity index (χ3n) is 1.33. The lowest BCUT2D eigenvalue weighted by Crippen LogP contribution is -1.93. The SMILES string of the molecule is CC(=N)c1[nH]ccc1C. The predicted molar refractivity (Wildman–Crippen MR) is 38.0 cm³/mol. The lowest BCUT2D eigenvalue weighted by molar-refractivity contribution is 1.30. The fourth-order valence-corrected chi connectivity index (χ4v) is 0.851. The number of H-pyrrole nitrogens is 1. The second-order valence-corrected chi connectivity index (χ2v) is 2.16. The highest BCUT2D eigenvalue weighted by molar-refractivity contribution is 5.95. The summed E-state index contributed by atoms with van der Waals surface area (Å²) < 4.78 is 0. The summed E-state index contributed by atoms with van der Waals surface area (Å²) in [6.07, 6.45) is 1.85. The van der Waals surface area contributed by atoms with E-state index in [0.29, 0.717) is 5.71 Å². The Labute approximate surface area is 54.4 Å². The average molecular weight is 122 g/mol. The van der Waals surface area contributed by atoms with E-state index < -0.39 is 0 Å². The van der Waals surface area contributed by atoms with E-state index in [1.165, 1.54) is 0 Å².